The number of rotatable bonds is 1. The van der Waals surface area contributed by atoms with Crippen LogP contribution in [0.5, 0.6) is 0 Å². The van der Waals surface area contributed by atoms with Gasteiger partial charge in [-0.25, -0.2) is 0 Å². The maximum Gasteiger partial charge on any atom is -0.00983 e. The number of allylic oxidation sites excluding steroid dienone is 3. The molecule has 0 aliphatic rings. The lowest BCUT2D eigenvalue weighted by atomic mass is 10.2. The van der Waals surface area contributed by atoms with E-state index in [9.17, 15) is 0 Å². The Bertz CT molecular complexity index is 139. The molecule has 0 fully saturated rings. The van der Waals surface area contributed by atoms with Gasteiger partial charge in [-0.2, -0.15) is 0 Å². The van der Waals surface area contributed by atoms with Gasteiger partial charge in [0.2, 0.25) is 0 Å². The largest absolute Gasteiger partial charge is 0.125 e. The molecule has 0 aliphatic heterocycles. The number of hydrogen-bond acceptors (Lipinski definition) is 0. The van der Waals surface area contributed by atoms with Crippen molar-refractivity contribution in [1.82, 2.24) is 0 Å². The molecule has 0 nitrogen and oxygen atoms in total. The molecule has 0 aromatic rings. The van der Waals surface area contributed by atoms with Crippen LogP contribution in [0.1, 0.15) is 20.8 Å². The first kappa shape index (κ1) is 7.26. The molecule has 0 unspecified atom stereocenters. The van der Waals surface area contributed by atoms with E-state index in [1.165, 1.54) is 5.57 Å². The van der Waals surface area contributed by atoms with E-state index in [0.29, 0.717) is 0 Å². The van der Waals surface area contributed by atoms with Gasteiger partial charge < -0.3 is 0 Å². The third-order valence-electron chi connectivity index (χ3n) is 0.784. The maximum absolute atomic E-state index is 3.51. The molecule has 0 radical (unpaired) electrons. The summed E-state index contributed by atoms with van der Waals surface area (Å²) in [7, 11) is 0. The molecule has 0 heterocycles. The van der Waals surface area contributed by atoms with Gasteiger partial charge in [0.1, 0.15) is 0 Å². The Hall–Kier alpha value is -0.740. The molecule has 0 aliphatic carbocycles. The van der Waals surface area contributed by atoms with E-state index < -0.39 is 0 Å². The predicted molar refractivity (Wildman–Crippen MR) is 37.8 cm³/mol. The third-order valence-corrected chi connectivity index (χ3v) is 0.784. The van der Waals surface area contributed by atoms with E-state index in [2.05, 4.69) is 26.2 Å². The maximum atomic E-state index is 3.51. The van der Waals surface area contributed by atoms with E-state index in [0.717, 1.165) is 5.57 Å². The standard InChI is InChI=1S/C8H12/c1-5-8(4)6-7(2)3/h6H,1H2,2-4H3. The fourth-order valence-corrected chi connectivity index (χ4v) is 0.484. The smallest absolute Gasteiger partial charge is 0.00983 e. The molecular formula is C8H12. The topological polar surface area (TPSA) is 0 Å². The van der Waals surface area contributed by atoms with Crippen LogP contribution in [0.2, 0.25) is 0 Å². The Morgan fingerprint density at radius 3 is 2.00 bits per heavy atom. The Kier molecular flexibility index (Phi) is 2.98. The highest BCUT2D eigenvalue weighted by molar-refractivity contribution is 5.17. The van der Waals surface area contributed by atoms with E-state index in [4.69, 9.17) is 0 Å². The lowest BCUT2D eigenvalue weighted by Crippen LogP contribution is -1.65. The molecule has 0 heteroatoms. The van der Waals surface area contributed by atoms with Gasteiger partial charge in [-0.3, -0.25) is 0 Å². The normalized spacial score (nSPS) is 7.38. The minimum atomic E-state index is 1.10. The van der Waals surface area contributed by atoms with E-state index >= 15 is 0 Å². The first-order chi connectivity index (χ1) is 3.66. The second-order valence-electron chi connectivity index (χ2n) is 2.08. The van der Waals surface area contributed by atoms with Crippen LogP contribution in [0.25, 0.3) is 0 Å². The van der Waals surface area contributed by atoms with Gasteiger partial charge in [0.05, 0.1) is 0 Å². The molecule has 0 aromatic carbocycles. The number of hydrogen-bond donors (Lipinski definition) is 0. The first-order valence-corrected chi connectivity index (χ1v) is 2.68. The molecule has 0 rings (SSSR count). The van der Waals surface area contributed by atoms with Crippen molar-refractivity contribution in [3.63, 3.8) is 0 Å². The molecule has 8 heavy (non-hydrogen) atoms. The van der Waals surface area contributed by atoms with E-state index in [1.54, 1.807) is 0 Å². The summed E-state index contributed by atoms with van der Waals surface area (Å²) in [6.45, 7) is 9.61. The zero-order valence-corrected chi connectivity index (χ0v) is 5.78. The summed E-state index contributed by atoms with van der Waals surface area (Å²) in [6, 6.07) is 0. The lowest BCUT2D eigenvalue weighted by Gasteiger charge is -1.85. The van der Waals surface area contributed by atoms with Crippen LogP contribution in [-0.4, -0.2) is 0 Å². The molecular weight excluding hydrogens is 96.1 g/mol. The van der Waals surface area contributed by atoms with Crippen molar-refractivity contribution < 1.29 is 0 Å². The van der Waals surface area contributed by atoms with Gasteiger partial charge in [0.15, 0.2) is 0 Å². The van der Waals surface area contributed by atoms with Crippen LogP contribution in [-0.2, 0) is 0 Å². The van der Waals surface area contributed by atoms with Crippen LogP contribution in [0.4, 0.5) is 0 Å². The van der Waals surface area contributed by atoms with Crippen molar-refractivity contribution in [2.45, 2.75) is 20.8 Å². The lowest BCUT2D eigenvalue weighted by molar-refractivity contribution is 1.35. The van der Waals surface area contributed by atoms with Gasteiger partial charge in [-0.15, -0.1) is 5.73 Å². The molecule has 0 bridgehead atoms. The molecule has 0 amide bonds. The molecule has 44 valence electrons. The zero-order chi connectivity index (χ0) is 6.57. The van der Waals surface area contributed by atoms with Gasteiger partial charge in [0, 0.05) is 0 Å². The minimum absolute atomic E-state index is 1.10. The van der Waals surface area contributed by atoms with Crippen molar-refractivity contribution >= 4 is 0 Å². The van der Waals surface area contributed by atoms with Gasteiger partial charge in [0.25, 0.3) is 0 Å². The van der Waals surface area contributed by atoms with Crippen molar-refractivity contribution in [3.05, 3.63) is 29.5 Å². The van der Waals surface area contributed by atoms with Crippen LogP contribution in [0, 0.1) is 0 Å². The summed E-state index contributed by atoms with van der Waals surface area (Å²) in [5, 5.41) is 0. The van der Waals surface area contributed by atoms with Gasteiger partial charge in [-0.05, 0) is 26.3 Å². The molecule has 0 N–H and O–H groups in total. The third kappa shape index (κ3) is 3.45. The van der Waals surface area contributed by atoms with Gasteiger partial charge in [-0.1, -0.05) is 18.2 Å². The van der Waals surface area contributed by atoms with Crippen molar-refractivity contribution in [3.8, 4) is 0 Å². The summed E-state index contributed by atoms with van der Waals surface area (Å²) < 4.78 is 0. The molecule has 0 spiro atoms. The van der Waals surface area contributed by atoms with E-state index in [-0.39, 0.29) is 0 Å². The highest BCUT2D eigenvalue weighted by atomic mass is 13.8. The Labute approximate surface area is 51.2 Å². The van der Waals surface area contributed by atoms with Gasteiger partial charge >= 0.3 is 0 Å². The zero-order valence-electron chi connectivity index (χ0n) is 5.78. The Morgan fingerprint density at radius 1 is 1.38 bits per heavy atom. The summed E-state index contributed by atoms with van der Waals surface area (Å²) in [6.07, 6.45) is 2.05. The van der Waals surface area contributed by atoms with Crippen molar-refractivity contribution in [2.24, 2.45) is 0 Å². The van der Waals surface area contributed by atoms with Crippen LogP contribution in [0.3, 0.4) is 0 Å². The Balaban J connectivity index is 4.11. The predicted octanol–water partition coefficient (Wildman–Crippen LogP) is 2.68. The fourth-order valence-electron chi connectivity index (χ4n) is 0.484. The molecule has 0 saturated heterocycles. The quantitative estimate of drug-likeness (QED) is 0.358. The highest BCUT2D eigenvalue weighted by Gasteiger charge is 1.76. The summed E-state index contributed by atoms with van der Waals surface area (Å²) in [5.41, 5.74) is 5.18. The van der Waals surface area contributed by atoms with Crippen molar-refractivity contribution in [2.75, 3.05) is 0 Å². The average molecular weight is 108 g/mol. The second kappa shape index (κ2) is 3.29. The van der Waals surface area contributed by atoms with Crippen LogP contribution < -0.4 is 0 Å². The highest BCUT2D eigenvalue weighted by Crippen LogP contribution is 1.96. The first-order valence-electron chi connectivity index (χ1n) is 2.68. The second-order valence-corrected chi connectivity index (χ2v) is 2.08. The average Bonchev–Trinajstić information content (AvgIpc) is 1.65. The fraction of sp³-hybridized carbons (Fsp3) is 0.375. The van der Waals surface area contributed by atoms with E-state index in [1.807, 2.05) is 13.0 Å². The monoisotopic (exact) mass is 108 g/mol. The van der Waals surface area contributed by atoms with Crippen LogP contribution >= 0.6 is 0 Å². The molecule has 0 saturated carbocycles. The Morgan fingerprint density at radius 2 is 1.88 bits per heavy atom. The summed E-state index contributed by atoms with van der Waals surface area (Å²) in [4.78, 5) is 0. The molecule has 0 aromatic heterocycles. The van der Waals surface area contributed by atoms with Crippen molar-refractivity contribution in [1.29, 1.82) is 0 Å². The summed E-state index contributed by atoms with van der Waals surface area (Å²) >= 11 is 0. The minimum Gasteiger partial charge on any atom is -0.125 e. The SMILES string of the molecule is C=C=C(C)C=C(C)C. The molecule has 0 atom stereocenters. The van der Waals surface area contributed by atoms with Crippen LogP contribution in [0.15, 0.2) is 29.5 Å². The summed E-state index contributed by atoms with van der Waals surface area (Å²) in [5.74, 6) is 0.